The number of amides is 1. The first-order valence-electron chi connectivity index (χ1n) is 6.89. The fraction of sp³-hybridized carbons (Fsp3) is 0.929. The highest BCUT2D eigenvalue weighted by atomic mass is 16.1. The van der Waals surface area contributed by atoms with Crippen LogP contribution in [0.1, 0.15) is 47.0 Å². The molecule has 100 valence electrons. The molecule has 1 heterocycles. The highest BCUT2D eigenvalue weighted by Crippen LogP contribution is 2.24. The average Bonchev–Trinajstić information content (AvgIpc) is 2.25. The van der Waals surface area contributed by atoms with Crippen molar-refractivity contribution in [2.75, 3.05) is 19.6 Å². The molecule has 0 bridgehead atoms. The molecule has 3 nitrogen and oxygen atoms in total. The van der Waals surface area contributed by atoms with Crippen molar-refractivity contribution in [3.63, 3.8) is 0 Å². The van der Waals surface area contributed by atoms with Gasteiger partial charge in [-0.15, -0.1) is 0 Å². The van der Waals surface area contributed by atoms with E-state index in [2.05, 4.69) is 38.3 Å². The van der Waals surface area contributed by atoms with E-state index in [1.807, 2.05) is 0 Å². The lowest BCUT2D eigenvalue weighted by Gasteiger charge is -2.29. The highest BCUT2D eigenvalue weighted by molar-refractivity contribution is 5.79. The number of nitrogens with one attached hydrogen (secondary N) is 2. The van der Waals surface area contributed by atoms with Crippen molar-refractivity contribution in [3.8, 4) is 0 Å². The molecule has 1 atom stereocenters. The van der Waals surface area contributed by atoms with E-state index in [0.29, 0.717) is 5.92 Å². The lowest BCUT2D eigenvalue weighted by molar-refractivity contribution is -0.126. The summed E-state index contributed by atoms with van der Waals surface area (Å²) in [6, 6.07) is 0. The van der Waals surface area contributed by atoms with Gasteiger partial charge in [-0.3, -0.25) is 4.79 Å². The molecule has 1 rings (SSSR count). The Balaban J connectivity index is 2.31. The third-order valence-electron chi connectivity index (χ3n) is 3.37. The van der Waals surface area contributed by atoms with E-state index in [4.69, 9.17) is 0 Å². The quantitative estimate of drug-likeness (QED) is 0.773. The molecule has 1 aliphatic heterocycles. The van der Waals surface area contributed by atoms with E-state index in [1.54, 1.807) is 0 Å². The third-order valence-corrected chi connectivity index (χ3v) is 3.37. The first-order valence-corrected chi connectivity index (χ1v) is 6.89. The van der Waals surface area contributed by atoms with Crippen LogP contribution in [0.25, 0.3) is 0 Å². The molecule has 1 saturated heterocycles. The molecule has 1 amide bonds. The Morgan fingerprint density at radius 3 is 2.71 bits per heavy atom. The van der Waals surface area contributed by atoms with Gasteiger partial charge in [0.05, 0.1) is 5.92 Å². The summed E-state index contributed by atoms with van der Waals surface area (Å²) in [7, 11) is 0. The van der Waals surface area contributed by atoms with Crippen molar-refractivity contribution in [2.45, 2.75) is 47.0 Å². The fourth-order valence-corrected chi connectivity index (χ4v) is 2.72. The Kier molecular flexibility index (Phi) is 5.44. The number of rotatable bonds is 5. The van der Waals surface area contributed by atoms with Crippen LogP contribution in [-0.2, 0) is 4.79 Å². The molecule has 0 radical (unpaired) electrons. The van der Waals surface area contributed by atoms with Gasteiger partial charge >= 0.3 is 0 Å². The van der Waals surface area contributed by atoms with Crippen molar-refractivity contribution < 1.29 is 4.79 Å². The van der Waals surface area contributed by atoms with Crippen molar-refractivity contribution in [1.82, 2.24) is 10.6 Å². The lowest BCUT2D eigenvalue weighted by Crippen LogP contribution is -2.43. The molecule has 0 aromatic carbocycles. The van der Waals surface area contributed by atoms with Crippen LogP contribution in [0.4, 0.5) is 0 Å². The Labute approximate surface area is 106 Å². The second-order valence-corrected chi connectivity index (χ2v) is 6.52. The molecule has 2 N–H and O–H groups in total. The molecule has 0 aliphatic carbocycles. The minimum Gasteiger partial charge on any atom is -0.355 e. The summed E-state index contributed by atoms with van der Waals surface area (Å²) in [6.07, 6.45) is 3.30. The molecular formula is C14H28N2O. The third kappa shape index (κ3) is 5.53. The van der Waals surface area contributed by atoms with E-state index in [9.17, 15) is 4.79 Å². The summed E-state index contributed by atoms with van der Waals surface area (Å²) < 4.78 is 0. The predicted octanol–water partition coefficient (Wildman–Crippen LogP) is 2.17. The summed E-state index contributed by atoms with van der Waals surface area (Å²) in [5, 5.41) is 6.40. The van der Waals surface area contributed by atoms with Crippen LogP contribution in [0.2, 0.25) is 0 Å². The SMILES string of the molecule is CC(C)CC(C)(C)CNC(=O)C1CCCNC1. The van der Waals surface area contributed by atoms with E-state index in [-0.39, 0.29) is 17.2 Å². The van der Waals surface area contributed by atoms with Crippen molar-refractivity contribution >= 4 is 5.91 Å². The van der Waals surface area contributed by atoms with Crippen LogP contribution in [0.15, 0.2) is 0 Å². The Morgan fingerprint density at radius 2 is 2.18 bits per heavy atom. The number of carbonyl (C=O) groups is 1. The minimum absolute atomic E-state index is 0.179. The number of piperidine rings is 1. The van der Waals surface area contributed by atoms with Gasteiger partial charge in [-0.2, -0.15) is 0 Å². The predicted molar refractivity (Wildman–Crippen MR) is 71.8 cm³/mol. The maximum absolute atomic E-state index is 12.0. The van der Waals surface area contributed by atoms with E-state index < -0.39 is 0 Å². The summed E-state index contributed by atoms with van der Waals surface area (Å²) in [5.74, 6) is 1.09. The van der Waals surface area contributed by atoms with Crippen molar-refractivity contribution in [1.29, 1.82) is 0 Å². The van der Waals surface area contributed by atoms with Crippen LogP contribution in [0, 0.1) is 17.3 Å². The Morgan fingerprint density at radius 1 is 1.47 bits per heavy atom. The molecule has 1 fully saturated rings. The fourth-order valence-electron chi connectivity index (χ4n) is 2.72. The van der Waals surface area contributed by atoms with Gasteiger partial charge in [-0.25, -0.2) is 0 Å². The Hall–Kier alpha value is -0.570. The zero-order valence-corrected chi connectivity index (χ0v) is 11.8. The van der Waals surface area contributed by atoms with Crippen molar-refractivity contribution in [3.05, 3.63) is 0 Å². The molecule has 0 saturated carbocycles. The topological polar surface area (TPSA) is 41.1 Å². The number of carbonyl (C=O) groups excluding carboxylic acids is 1. The summed E-state index contributed by atoms with van der Waals surface area (Å²) in [6.45, 7) is 11.6. The zero-order chi connectivity index (χ0) is 12.9. The molecular weight excluding hydrogens is 212 g/mol. The molecule has 1 aliphatic rings. The van der Waals surface area contributed by atoms with Gasteiger partial charge < -0.3 is 10.6 Å². The monoisotopic (exact) mass is 240 g/mol. The van der Waals surface area contributed by atoms with Gasteiger partial charge in [0.2, 0.25) is 5.91 Å². The van der Waals surface area contributed by atoms with Crippen LogP contribution < -0.4 is 10.6 Å². The molecule has 3 heteroatoms. The average molecular weight is 240 g/mol. The van der Waals surface area contributed by atoms with E-state index in [1.165, 1.54) is 0 Å². The highest BCUT2D eigenvalue weighted by Gasteiger charge is 2.24. The Bertz CT molecular complexity index is 243. The van der Waals surface area contributed by atoms with Crippen molar-refractivity contribution in [2.24, 2.45) is 17.3 Å². The lowest BCUT2D eigenvalue weighted by atomic mass is 9.84. The van der Waals surface area contributed by atoms with Crippen LogP contribution >= 0.6 is 0 Å². The number of hydrogen-bond acceptors (Lipinski definition) is 2. The first-order chi connectivity index (χ1) is 7.91. The normalized spacial score (nSPS) is 21.6. The molecule has 0 aromatic rings. The van der Waals surface area contributed by atoms with Gasteiger partial charge in [-0.1, -0.05) is 27.7 Å². The standard InChI is InChI=1S/C14H28N2O/c1-11(2)8-14(3,4)10-16-13(17)12-6-5-7-15-9-12/h11-12,15H,5-10H2,1-4H3,(H,16,17). The van der Waals surface area contributed by atoms with Gasteiger partial charge in [0, 0.05) is 13.1 Å². The second-order valence-electron chi connectivity index (χ2n) is 6.52. The smallest absolute Gasteiger partial charge is 0.224 e. The molecule has 0 aromatic heterocycles. The van der Waals surface area contributed by atoms with E-state index in [0.717, 1.165) is 38.9 Å². The van der Waals surface area contributed by atoms with E-state index >= 15 is 0 Å². The summed E-state index contributed by atoms with van der Waals surface area (Å²) in [5.41, 5.74) is 0.200. The van der Waals surface area contributed by atoms with Crippen LogP contribution in [0.5, 0.6) is 0 Å². The van der Waals surface area contributed by atoms with Gasteiger partial charge in [-0.05, 0) is 37.1 Å². The van der Waals surface area contributed by atoms with Gasteiger partial charge in [0.15, 0.2) is 0 Å². The number of hydrogen-bond donors (Lipinski definition) is 2. The first kappa shape index (κ1) is 14.5. The molecule has 0 spiro atoms. The summed E-state index contributed by atoms with van der Waals surface area (Å²) in [4.78, 5) is 12.0. The largest absolute Gasteiger partial charge is 0.355 e. The van der Waals surface area contributed by atoms with Gasteiger partial charge in [0.25, 0.3) is 0 Å². The molecule has 17 heavy (non-hydrogen) atoms. The maximum atomic E-state index is 12.0. The minimum atomic E-state index is 0.179. The summed E-state index contributed by atoms with van der Waals surface area (Å²) >= 11 is 0. The zero-order valence-electron chi connectivity index (χ0n) is 11.8. The van der Waals surface area contributed by atoms with Gasteiger partial charge in [0.1, 0.15) is 0 Å². The van der Waals surface area contributed by atoms with Crippen LogP contribution in [-0.4, -0.2) is 25.5 Å². The van der Waals surface area contributed by atoms with Crippen LogP contribution in [0.3, 0.4) is 0 Å². The maximum Gasteiger partial charge on any atom is 0.224 e. The molecule has 1 unspecified atom stereocenters. The second kappa shape index (κ2) is 6.39.